The molecule has 0 saturated heterocycles. The van der Waals surface area contributed by atoms with Crippen molar-refractivity contribution >= 4 is 23.4 Å². The molecular weight excluding hydrogens is 456 g/mol. The standard InChI is InChI=1S/C30H33ClN2O2/c1-22-11-13-25(14-12-22)21-33(29(34)20-24-15-17-26(31)18-16-24)28(19-23-7-3-2-4-8-23)30(35)32-27-9-5-6-10-27/h2-4,7-8,11-18,27-28H,5-6,9-10,19-21H2,1H3,(H,32,35). The van der Waals surface area contributed by atoms with Crippen molar-refractivity contribution in [1.29, 1.82) is 0 Å². The molecule has 182 valence electrons. The van der Waals surface area contributed by atoms with Gasteiger partial charge in [-0.15, -0.1) is 0 Å². The van der Waals surface area contributed by atoms with Crippen LogP contribution in [0.1, 0.15) is 47.9 Å². The maximum absolute atomic E-state index is 13.8. The van der Waals surface area contributed by atoms with E-state index >= 15 is 0 Å². The highest BCUT2D eigenvalue weighted by Gasteiger charge is 2.32. The molecule has 1 fully saturated rings. The third kappa shape index (κ3) is 7.19. The van der Waals surface area contributed by atoms with Gasteiger partial charge in [0.2, 0.25) is 11.8 Å². The van der Waals surface area contributed by atoms with Crippen molar-refractivity contribution in [3.8, 4) is 0 Å². The molecule has 0 radical (unpaired) electrons. The second-order valence-corrected chi connectivity index (χ2v) is 9.94. The molecule has 0 bridgehead atoms. The molecule has 0 spiro atoms. The summed E-state index contributed by atoms with van der Waals surface area (Å²) in [5, 5.41) is 3.89. The van der Waals surface area contributed by atoms with Crippen LogP contribution in [0.15, 0.2) is 78.9 Å². The highest BCUT2D eigenvalue weighted by atomic mass is 35.5. The molecule has 0 aromatic heterocycles. The summed E-state index contributed by atoms with van der Waals surface area (Å²) < 4.78 is 0. The van der Waals surface area contributed by atoms with Crippen LogP contribution in [0.4, 0.5) is 0 Å². The fraction of sp³-hybridized carbons (Fsp3) is 0.333. The maximum Gasteiger partial charge on any atom is 0.243 e. The minimum absolute atomic E-state index is 0.0719. The Morgan fingerprint density at radius 2 is 1.51 bits per heavy atom. The zero-order valence-corrected chi connectivity index (χ0v) is 21.0. The monoisotopic (exact) mass is 488 g/mol. The maximum atomic E-state index is 13.8. The molecule has 1 aliphatic carbocycles. The number of nitrogens with zero attached hydrogens (tertiary/aromatic N) is 1. The summed E-state index contributed by atoms with van der Waals surface area (Å²) in [5.74, 6) is -0.146. The van der Waals surface area contributed by atoms with Crippen molar-refractivity contribution in [2.24, 2.45) is 0 Å². The van der Waals surface area contributed by atoms with Gasteiger partial charge < -0.3 is 10.2 Å². The predicted octanol–water partition coefficient (Wildman–Crippen LogP) is 5.89. The molecule has 4 nitrogen and oxygen atoms in total. The average molecular weight is 489 g/mol. The lowest BCUT2D eigenvalue weighted by Gasteiger charge is -2.32. The molecule has 4 rings (SSSR count). The van der Waals surface area contributed by atoms with Gasteiger partial charge in [0.25, 0.3) is 0 Å². The lowest BCUT2D eigenvalue weighted by atomic mass is 10.0. The second kappa shape index (κ2) is 12.0. The van der Waals surface area contributed by atoms with Crippen molar-refractivity contribution in [1.82, 2.24) is 10.2 Å². The number of hydrogen-bond acceptors (Lipinski definition) is 2. The quantitative estimate of drug-likeness (QED) is 0.408. The van der Waals surface area contributed by atoms with Crippen LogP contribution in [-0.4, -0.2) is 28.8 Å². The fourth-order valence-electron chi connectivity index (χ4n) is 4.69. The Labute approximate surface area is 213 Å². The van der Waals surface area contributed by atoms with Gasteiger partial charge in [-0.1, -0.05) is 96.7 Å². The van der Waals surface area contributed by atoms with Crippen LogP contribution >= 0.6 is 11.6 Å². The van der Waals surface area contributed by atoms with Gasteiger partial charge in [0.15, 0.2) is 0 Å². The second-order valence-electron chi connectivity index (χ2n) is 9.51. The van der Waals surface area contributed by atoms with Crippen LogP contribution in [0.25, 0.3) is 0 Å². The zero-order valence-electron chi connectivity index (χ0n) is 20.3. The van der Waals surface area contributed by atoms with Crippen LogP contribution in [0.3, 0.4) is 0 Å². The lowest BCUT2D eigenvalue weighted by molar-refractivity contribution is -0.141. The van der Waals surface area contributed by atoms with E-state index in [-0.39, 0.29) is 24.3 Å². The minimum Gasteiger partial charge on any atom is -0.352 e. The van der Waals surface area contributed by atoms with Crippen molar-refractivity contribution in [2.45, 2.75) is 64.1 Å². The number of carbonyl (C=O) groups excluding carboxylic acids is 2. The third-order valence-corrected chi connectivity index (χ3v) is 6.97. The van der Waals surface area contributed by atoms with E-state index in [2.05, 4.69) is 5.32 Å². The Bertz CT molecular complexity index is 1110. The van der Waals surface area contributed by atoms with Crippen LogP contribution in [0, 0.1) is 6.92 Å². The van der Waals surface area contributed by atoms with Crippen molar-refractivity contribution in [3.05, 3.63) is 106 Å². The van der Waals surface area contributed by atoms with E-state index < -0.39 is 6.04 Å². The Morgan fingerprint density at radius 3 is 2.17 bits per heavy atom. The lowest BCUT2D eigenvalue weighted by Crippen LogP contribution is -2.52. The summed E-state index contributed by atoms with van der Waals surface area (Å²) in [6, 6.07) is 25.0. The highest BCUT2D eigenvalue weighted by molar-refractivity contribution is 6.30. The Morgan fingerprint density at radius 1 is 0.886 bits per heavy atom. The van der Waals surface area contributed by atoms with Crippen molar-refractivity contribution < 1.29 is 9.59 Å². The molecule has 1 unspecified atom stereocenters. The number of carbonyl (C=O) groups is 2. The van der Waals surface area contributed by atoms with E-state index in [1.54, 1.807) is 17.0 Å². The van der Waals surface area contributed by atoms with Crippen molar-refractivity contribution in [2.75, 3.05) is 0 Å². The van der Waals surface area contributed by atoms with Crippen LogP contribution in [0.2, 0.25) is 5.02 Å². The molecule has 1 N–H and O–H groups in total. The number of amides is 2. The first-order valence-corrected chi connectivity index (χ1v) is 12.8. The summed E-state index contributed by atoms with van der Waals surface area (Å²) in [4.78, 5) is 29.2. The first-order chi connectivity index (χ1) is 17.0. The Balaban J connectivity index is 1.64. The molecule has 0 aliphatic heterocycles. The van der Waals surface area contributed by atoms with Crippen LogP contribution in [-0.2, 0) is 29.0 Å². The molecule has 35 heavy (non-hydrogen) atoms. The van der Waals surface area contributed by atoms with Gasteiger partial charge in [-0.2, -0.15) is 0 Å². The summed E-state index contributed by atoms with van der Waals surface area (Å²) in [6.45, 7) is 2.42. The number of rotatable bonds is 9. The number of aryl methyl sites for hydroxylation is 1. The predicted molar refractivity (Wildman–Crippen MR) is 141 cm³/mol. The topological polar surface area (TPSA) is 49.4 Å². The molecule has 3 aromatic carbocycles. The summed E-state index contributed by atoms with van der Waals surface area (Å²) in [5.41, 5.74) is 4.08. The van der Waals surface area contributed by atoms with E-state index in [0.717, 1.165) is 47.9 Å². The molecule has 0 heterocycles. The molecule has 3 aromatic rings. The summed E-state index contributed by atoms with van der Waals surface area (Å²) in [7, 11) is 0. The van der Waals surface area contributed by atoms with Gasteiger partial charge in [-0.3, -0.25) is 9.59 Å². The smallest absolute Gasteiger partial charge is 0.243 e. The highest BCUT2D eigenvalue weighted by Crippen LogP contribution is 2.21. The number of halogens is 1. The fourth-order valence-corrected chi connectivity index (χ4v) is 4.82. The summed E-state index contributed by atoms with van der Waals surface area (Å²) in [6.07, 6.45) is 4.96. The normalized spacial score (nSPS) is 14.5. The minimum atomic E-state index is -0.598. The van der Waals surface area contributed by atoms with Gasteiger partial charge in [0, 0.05) is 24.0 Å². The molecule has 1 atom stereocenters. The zero-order chi connectivity index (χ0) is 24.6. The van der Waals surface area contributed by atoms with E-state index in [4.69, 9.17) is 11.6 Å². The summed E-state index contributed by atoms with van der Waals surface area (Å²) >= 11 is 6.05. The molecule has 1 saturated carbocycles. The van der Waals surface area contributed by atoms with E-state index in [1.165, 1.54) is 0 Å². The van der Waals surface area contributed by atoms with E-state index in [1.807, 2.05) is 73.7 Å². The average Bonchev–Trinajstić information content (AvgIpc) is 3.37. The van der Waals surface area contributed by atoms with Gasteiger partial charge in [0.1, 0.15) is 6.04 Å². The number of hydrogen-bond donors (Lipinski definition) is 1. The third-order valence-electron chi connectivity index (χ3n) is 6.71. The van der Waals surface area contributed by atoms with Gasteiger partial charge in [0.05, 0.1) is 6.42 Å². The number of nitrogens with one attached hydrogen (secondary N) is 1. The first-order valence-electron chi connectivity index (χ1n) is 12.4. The molecular formula is C30H33ClN2O2. The Kier molecular flexibility index (Phi) is 8.59. The number of benzene rings is 3. The molecule has 2 amide bonds. The van der Waals surface area contributed by atoms with Gasteiger partial charge in [-0.05, 0) is 48.6 Å². The van der Waals surface area contributed by atoms with E-state index in [0.29, 0.717) is 18.0 Å². The first kappa shape index (κ1) is 25.0. The van der Waals surface area contributed by atoms with Crippen LogP contribution in [0.5, 0.6) is 0 Å². The largest absolute Gasteiger partial charge is 0.352 e. The van der Waals surface area contributed by atoms with Crippen molar-refractivity contribution in [3.63, 3.8) is 0 Å². The van der Waals surface area contributed by atoms with Gasteiger partial charge >= 0.3 is 0 Å². The Hall–Kier alpha value is -3.11. The SMILES string of the molecule is Cc1ccc(CN(C(=O)Cc2ccc(Cl)cc2)C(Cc2ccccc2)C(=O)NC2CCCC2)cc1. The van der Waals surface area contributed by atoms with Gasteiger partial charge in [-0.25, -0.2) is 0 Å². The molecule has 5 heteroatoms. The van der Waals surface area contributed by atoms with E-state index in [9.17, 15) is 9.59 Å². The molecule has 1 aliphatic rings. The van der Waals surface area contributed by atoms with Crippen LogP contribution < -0.4 is 5.32 Å².